The van der Waals surface area contributed by atoms with Gasteiger partial charge in [0.25, 0.3) is 5.91 Å². The molecule has 0 saturated carbocycles. The zero-order chi connectivity index (χ0) is 37.3. The Morgan fingerprint density at radius 1 is 0.698 bits per heavy atom. The van der Waals surface area contributed by atoms with Gasteiger partial charge in [0.05, 0.1) is 29.9 Å². The summed E-state index contributed by atoms with van der Waals surface area (Å²) in [6.07, 6.45) is -2.17. The lowest BCUT2D eigenvalue weighted by atomic mass is 9.94. The standard InChI is InChI=1S/C45H44FN3O4/c1-31(2)43-42(45(53)47-35-18-9-4-10-19-35)41(32-16-7-3-8-17-32)44(33-25-27-34(46)28-26-33)48(43)29-15-24-38(50)39(51)30-40(52)49(36-20-11-5-12-21-36)37-22-13-6-14-23-37/h3-14,16-23,25-28,31,38-39,50-51H,15,24,29-30H2,1-2H3,(H,47,53)/t38-,39-/m1/s1. The van der Waals surface area contributed by atoms with E-state index in [-0.39, 0.29) is 36.4 Å². The van der Waals surface area contributed by atoms with Gasteiger partial charge in [0.15, 0.2) is 0 Å². The van der Waals surface area contributed by atoms with Crippen LogP contribution in [0.25, 0.3) is 22.4 Å². The monoisotopic (exact) mass is 709 g/mol. The molecule has 0 bridgehead atoms. The van der Waals surface area contributed by atoms with E-state index in [0.717, 1.165) is 28.1 Å². The van der Waals surface area contributed by atoms with Gasteiger partial charge in [-0.15, -0.1) is 0 Å². The molecule has 0 saturated heterocycles. The number of amides is 2. The van der Waals surface area contributed by atoms with Crippen molar-refractivity contribution in [2.45, 2.75) is 57.8 Å². The zero-order valence-electron chi connectivity index (χ0n) is 29.9. The summed E-state index contributed by atoms with van der Waals surface area (Å²) in [7, 11) is 0. The predicted octanol–water partition coefficient (Wildman–Crippen LogP) is 9.59. The average molecular weight is 710 g/mol. The first kappa shape index (κ1) is 36.9. The van der Waals surface area contributed by atoms with E-state index in [0.29, 0.717) is 35.6 Å². The van der Waals surface area contributed by atoms with Crippen molar-refractivity contribution in [3.63, 3.8) is 0 Å². The van der Waals surface area contributed by atoms with E-state index in [1.54, 1.807) is 17.0 Å². The fourth-order valence-electron chi connectivity index (χ4n) is 6.86. The van der Waals surface area contributed by atoms with Crippen molar-refractivity contribution in [2.75, 3.05) is 10.2 Å². The second-order valence-corrected chi connectivity index (χ2v) is 13.4. The number of aliphatic hydroxyl groups excluding tert-OH is 2. The van der Waals surface area contributed by atoms with Crippen LogP contribution in [0, 0.1) is 5.82 Å². The summed E-state index contributed by atoms with van der Waals surface area (Å²) in [4.78, 5) is 29.5. The Balaban J connectivity index is 1.31. The van der Waals surface area contributed by atoms with Crippen LogP contribution in [0.4, 0.5) is 21.5 Å². The molecule has 270 valence electrons. The Morgan fingerprint density at radius 3 is 1.77 bits per heavy atom. The molecule has 2 atom stereocenters. The molecule has 7 nitrogen and oxygen atoms in total. The van der Waals surface area contributed by atoms with E-state index >= 15 is 0 Å². The number of benzene rings is 5. The number of carbonyl (C=O) groups is 2. The van der Waals surface area contributed by atoms with Crippen molar-refractivity contribution >= 4 is 28.9 Å². The molecule has 53 heavy (non-hydrogen) atoms. The van der Waals surface area contributed by atoms with Crippen molar-refractivity contribution in [1.82, 2.24) is 4.57 Å². The molecule has 1 heterocycles. The number of halogens is 1. The minimum atomic E-state index is -1.31. The van der Waals surface area contributed by atoms with Crippen molar-refractivity contribution in [3.05, 3.63) is 163 Å². The summed E-state index contributed by atoms with van der Waals surface area (Å²) < 4.78 is 16.4. The molecule has 6 rings (SSSR count). The fourth-order valence-corrected chi connectivity index (χ4v) is 6.86. The number of aliphatic hydroxyl groups is 2. The van der Waals surface area contributed by atoms with E-state index in [1.165, 1.54) is 12.1 Å². The molecule has 0 aliphatic rings. The van der Waals surface area contributed by atoms with Gasteiger partial charge in [-0.2, -0.15) is 0 Å². The number of carbonyl (C=O) groups excluding carboxylic acids is 2. The zero-order valence-corrected chi connectivity index (χ0v) is 29.9. The largest absolute Gasteiger partial charge is 0.390 e. The van der Waals surface area contributed by atoms with Crippen LogP contribution in [0.3, 0.4) is 0 Å². The van der Waals surface area contributed by atoms with Gasteiger partial charge in [-0.1, -0.05) is 98.8 Å². The molecular formula is C45H44FN3O4. The number of rotatable bonds is 14. The highest BCUT2D eigenvalue weighted by atomic mass is 19.1. The highest BCUT2D eigenvalue weighted by Crippen LogP contribution is 2.43. The first-order valence-corrected chi connectivity index (χ1v) is 18.0. The van der Waals surface area contributed by atoms with Crippen molar-refractivity contribution in [1.29, 1.82) is 0 Å². The molecule has 0 aliphatic carbocycles. The maximum atomic E-state index is 14.3. The van der Waals surface area contributed by atoms with Crippen LogP contribution in [-0.2, 0) is 11.3 Å². The van der Waals surface area contributed by atoms with E-state index in [2.05, 4.69) is 9.88 Å². The molecule has 0 radical (unpaired) electrons. The highest BCUT2D eigenvalue weighted by molar-refractivity contribution is 6.12. The van der Waals surface area contributed by atoms with E-state index < -0.39 is 12.2 Å². The van der Waals surface area contributed by atoms with Gasteiger partial charge in [0.2, 0.25) is 5.91 Å². The third-order valence-corrected chi connectivity index (χ3v) is 9.28. The topological polar surface area (TPSA) is 94.8 Å². The summed E-state index contributed by atoms with van der Waals surface area (Å²) in [5.74, 6) is -1.08. The Kier molecular flexibility index (Phi) is 11.9. The number of hydrogen-bond acceptors (Lipinski definition) is 4. The Bertz CT molecular complexity index is 2060. The summed E-state index contributed by atoms with van der Waals surface area (Å²) in [5.41, 5.74) is 6.34. The first-order valence-electron chi connectivity index (χ1n) is 18.0. The van der Waals surface area contributed by atoms with Crippen molar-refractivity contribution < 1.29 is 24.2 Å². The van der Waals surface area contributed by atoms with Crippen LogP contribution >= 0.6 is 0 Å². The number of para-hydroxylation sites is 3. The molecule has 1 aromatic heterocycles. The molecule has 0 unspecified atom stereocenters. The van der Waals surface area contributed by atoms with Crippen LogP contribution in [0.2, 0.25) is 0 Å². The van der Waals surface area contributed by atoms with Crippen LogP contribution in [0.15, 0.2) is 146 Å². The first-order chi connectivity index (χ1) is 25.7. The van der Waals surface area contributed by atoms with Crippen LogP contribution in [-0.4, -0.2) is 38.8 Å². The van der Waals surface area contributed by atoms with Crippen LogP contribution < -0.4 is 10.2 Å². The number of anilines is 3. The van der Waals surface area contributed by atoms with Gasteiger partial charge in [-0.25, -0.2) is 4.39 Å². The maximum absolute atomic E-state index is 14.3. The molecule has 3 N–H and O–H groups in total. The van der Waals surface area contributed by atoms with Crippen LogP contribution in [0.5, 0.6) is 0 Å². The summed E-state index contributed by atoms with van der Waals surface area (Å²) in [6, 6.07) is 43.6. The fraction of sp³-hybridized carbons (Fsp3) is 0.200. The lowest BCUT2D eigenvalue weighted by molar-refractivity contribution is -0.121. The van der Waals surface area contributed by atoms with E-state index in [4.69, 9.17) is 0 Å². The van der Waals surface area contributed by atoms with Gasteiger partial charge in [0.1, 0.15) is 5.82 Å². The average Bonchev–Trinajstić information content (AvgIpc) is 3.52. The Hall–Kier alpha value is -5.83. The minimum absolute atomic E-state index is 0.0988. The molecule has 6 aromatic rings. The Morgan fingerprint density at radius 2 is 1.23 bits per heavy atom. The summed E-state index contributed by atoms with van der Waals surface area (Å²) in [5, 5.41) is 25.4. The molecule has 0 spiro atoms. The minimum Gasteiger partial charge on any atom is -0.390 e. The SMILES string of the molecule is CC(C)c1c(C(=O)Nc2ccccc2)c(-c2ccccc2)c(-c2ccc(F)cc2)n1CCC[C@@H](O)[C@H](O)CC(=O)N(c1ccccc1)c1ccccc1. The molecule has 8 heteroatoms. The van der Waals surface area contributed by atoms with Gasteiger partial charge in [0, 0.05) is 34.9 Å². The predicted molar refractivity (Wildman–Crippen MR) is 210 cm³/mol. The van der Waals surface area contributed by atoms with E-state index in [9.17, 15) is 24.2 Å². The van der Waals surface area contributed by atoms with Gasteiger partial charge < -0.3 is 20.1 Å². The van der Waals surface area contributed by atoms with Crippen molar-refractivity contribution in [2.24, 2.45) is 0 Å². The van der Waals surface area contributed by atoms with Crippen molar-refractivity contribution in [3.8, 4) is 22.4 Å². The Labute approximate surface area is 310 Å². The lowest BCUT2D eigenvalue weighted by Gasteiger charge is -2.26. The second kappa shape index (κ2) is 17.1. The summed E-state index contributed by atoms with van der Waals surface area (Å²) >= 11 is 0. The lowest BCUT2D eigenvalue weighted by Crippen LogP contribution is -2.35. The van der Waals surface area contributed by atoms with Crippen LogP contribution in [0.1, 0.15) is 55.1 Å². The van der Waals surface area contributed by atoms with Gasteiger partial charge in [-0.05, 0) is 90.6 Å². The van der Waals surface area contributed by atoms with E-state index in [1.807, 2.05) is 135 Å². The molecule has 5 aromatic carbocycles. The number of nitrogens with zero attached hydrogens (tertiary/aromatic N) is 2. The summed E-state index contributed by atoms with van der Waals surface area (Å²) in [6.45, 7) is 4.45. The van der Waals surface area contributed by atoms with Gasteiger partial charge in [-0.3, -0.25) is 14.5 Å². The molecule has 0 aliphatic heterocycles. The quantitative estimate of drug-likeness (QED) is 0.105. The molecule has 2 amide bonds. The molecular weight excluding hydrogens is 666 g/mol. The smallest absolute Gasteiger partial charge is 0.258 e. The van der Waals surface area contributed by atoms with Gasteiger partial charge >= 0.3 is 0 Å². The number of hydrogen-bond donors (Lipinski definition) is 3. The normalized spacial score (nSPS) is 12.3. The molecule has 0 fully saturated rings. The number of nitrogens with one attached hydrogen (secondary N) is 1. The maximum Gasteiger partial charge on any atom is 0.258 e. The third-order valence-electron chi connectivity index (χ3n) is 9.28. The second-order valence-electron chi connectivity index (χ2n) is 13.4. The number of aromatic nitrogens is 1. The third kappa shape index (κ3) is 8.63. The highest BCUT2D eigenvalue weighted by Gasteiger charge is 2.31.